The smallest absolute Gasteiger partial charge is 0.167 e. The highest BCUT2D eigenvalue weighted by Gasteiger charge is 2.13. The number of aryl methyl sites for hydroxylation is 1. The van der Waals surface area contributed by atoms with Crippen LogP contribution in [-0.2, 0) is 17.3 Å². The number of rotatable bonds is 8. The first-order valence-corrected chi connectivity index (χ1v) is 7.67. The van der Waals surface area contributed by atoms with Crippen LogP contribution in [0.5, 0.6) is 0 Å². The highest BCUT2D eigenvalue weighted by atomic mass is 32.2. The Balaban J connectivity index is 2.49. The summed E-state index contributed by atoms with van der Waals surface area (Å²) in [7, 11) is -0.747. The summed E-state index contributed by atoms with van der Waals surface area (Å²) in [5.74, 6) is 1.54. The number of nitrogens with zero attached hydrogens (tertiary/aromatic N) is 4. The second-order valence-electron chi connectivity index (χ2n) is 4.07. The van der Waals surface area contributed by atoms with Gasteiger partial charge in [0.1, 0.15) is 0 Å². The molecule has 0 aliphatic carbocycles. The summed E-state index contributed by atoms with van der Waals surface area (Å²) in [6, 6.07) is 0.150. The predicted molar refractivity (Wildman–Crippen MR) is 68.1 cm³/mol. The fourth-order valence-corrected chi connectivity index (χ4v) is 2.09. The van der Waals surface area contributed by atoms with Crippen LogP contribution in [0.25, 0.3) is 0 Å². The minimum atomic E-state index is -0.747. The molecule has 0 saturated heterocycles. The zero-order valence-corrected chi connectivity index (χ0v) is 11.5. The average molecular weight is 259 g/mol. The van der Waals surface area contributed by atoms with Crippen LogP contribution >= 0.6 is 0 Å². The van der Waals surface area contributed by atoms with Gasteiger partial charge in [0.2, 0.25) is 0 Å². The molecule has 1 rings (SSSR count). The zero-order chi connectivity index (χ0) is 12.7. The Morgan fingerprint density at radius 2 is 2.29 bits per heavy atom. The van der Waals surface area contributed by atoms with Crippen LogP contribution in [0.4, 0.5) is 0 Å². The van der Waals surface area contributed by atoms with E-state index >= 15 is 0 Å². The summed E-state index contributed by atoms with van der Waals surface area (Å²) in [5, 5.41) is 15.0. The van der Waals surface area contributed by atoms with E-state index in [0.29, 0.717) is 5.75 Å². The Morgan fingerprint density at radius 3 is 2.94 bits per heavy atom. The van der Waals surface area contributed by atoms with Gasteiger partial charge in [0, 0.05) is 29.4 Å². The molecule has 0 aliphatic heterocycles. The number of hydrogen-bond donors (Lipinski definition) is 1. The first-order valence-electron chi connectivity index (χ1n) is 5.94. The van der Waals surface area contributed by atoms with E-state index in [2.05, 4.69) is 34.7 Å². The van der Waals surface area contributed by atoms with Crippen molar-refractivity contribution >= 4 is 10.8 Å². The highest BCUT2D eigenvalue weighted by molar-refractivity contribution is 7.84. The first-order chi connectivity index (χ1) is 8.15. The molecule has 6 nitrogen and oxygen atoms in total. The molecule has 1 aromatic rings. The van der Waals surface area contributed by atoms with E-state index in [4.69, 9.17) is 0 Å². The van der Waals surface area contributed by atoms with Gasteiger partial charge in [-0.25, -0.2) is 4.68 Å². The Morgan fingerprint density at radius 1 is 1.53 bits per heavy atom. The van der Waals surface area contributed by atoms with Gasteiger partial charge >= 0.3 is 0 Å². The topological polar surface area (TPSA) is 72.7 Å². The van der Waals surface area contributed by atoms with Gasteiger partial charge in [-0.1, -0.05) is 6.92 Å². The van der Waals surface area contributed by atoms with Crippen LogP contribution in [0.15, 0.2) is 0 Å². The Kier molecular flexibility index (Phi) is 6.28. The molecule has 98 valence electrons. The van der Waals surface area contributed by atoms with Gasteiger partial charge in [-0.15, -0.1) is 5.10 Å². The molecule has 0 amide bonds. The van der Waals surface area contributed by atoms with Crippen LogP contribution in [0.1, 0.15) is 38.6 Å². The van der Waals surface area contributed by atoms with Crippen molar-refractivity contribution in [2.24, 2.45) is 0 Å². The fourth-order valence-electron chi connectivity index (χ4n) is 1.55. The molecular formula is C10H21N5OS. The van der Waals surface area contributed by atoms with Crippen molar-refractivity contribution in [3.63, 3.8) is 0 Å². The van der Waals surface area contributed by atoms with Crippen molar-refractivity contribution in [3.05, 3.63) is 5.82 Å². The van der Waals surface area contributed by atoms with Crippen molar-refractivity contribution in [2.45, 2.75) is 39.3 Å². The first kappa shape index (κ1) is 14.2. The van der Waals surface area contributed by atoms with Crippen molar-refractivity contribution in [1.82, 2.24) is 25.5 Å². The van der Waals surface area contributed by atoms with E-state index in [0.717, 1.165) is 31.8 Å². The summed E-state index contributed by atoms with van der Waals surface area (Å²) in [4.78, 5) is 0. The summed E-state index contributed by atoms with van der Waals surface area (Å²) in [6.45, 7) is 5.85. The summed E-state index contributed by atoms with van der Waals surface area (Å²) in [5.41, 5.74) is 0. The molecule has 17 heavy (non-hydrogen) atoms. The minimum Gasteiger partial charge on any atom is -0.307 e. The maximum atomic E-state index is 11.0. The maximum absolute atomic E-state index is 11.0. The molecule has 1 aromatic heterocycles. The SMILES string of the molecule is CCCNC(C)c1nnnn1CCCS(C)=O. The molecule has 0 saturated carbocycles. The molecule has 7 heteroatoms. The van der Waals surface area contributed by atoms with Gasteiger partial charge in [0.05, 0.1) is 6.04 Å². The van der Waals surface area contributed by atoms with Crippen LogP contribution < -0.4 is 5.32 Å². The molecule has 0 aromatic carbocycles. The van der Waals surface area contributed by atoms with Crippen molar-refractivity contribution in [2.75, 3.05) is 18.6 Å². The fraction of sp³-hybridized carbons (Fsp3) is 0.900. The lowest BCUT2D eigenvalue weighted by Crippen LogP contribution is -2.23. The predicted octanol–water partition coefficient (Wildman–Crippen LogP) is 0.502. The second kappa shape index (κ2) is 7.50. The summed E-state index contributed by atoms with van der Waals surface area (Å²) in [6.07, 6.45) is 3.63. The van der Waals surface area contributed by atoms with Crippen LogP contribution in [0.2, 0.25) is 0 Å². The quantitative estimate of drug-likeness (QED) is 0.736. The second-order valence-corrected chi connectivity index (χ2v) is 5.62. The summed E-state index contributed by atoms with van der Waals surface area (Å²) >= 11 is 0. The Labute approximate surface area is 105 Å². The third-order valence-electron chi connectivity index (χ3n) is 2.45. The molecule has 2 atom stereocenters. The number of hydrogen-bond acceptors (Lipinski definition) is 5. The monoisotopic (exact) mass is 259 g/mol. The maximum Gasteiger partial charge on any atom is 0.167 e. The zero-order valence-electron chi connectivity index (χ0n) is 10.7. The van der Waals surface area contributed by atoms with Gasteiger partial charge in [-0.2, -0.15) is 0 Å². The molecule has 0 spiro atoms. The van der Waals surface area contributed by atoms with E-state index < -0.39 is 10.8 Å². The lowest BCUT2D eigenvalue weighted by atomic mass is 10.3. The van der Waals surface area contributed by atoms with Crippen LogP contribution in [0, 0.1) is 0 Å². The van der Waals surface area contributed by atoms with Gasteiger partial charge in [0.25, 0.3) is 0 Å². The van der Waals surface area contributed by atoms with Crippen molar-refractivity contribution < 1.29 is 4.21 Å². The third kappa shape index (κ3) is 4.91. The van der Waals surface area contributed by atoms with Gasteiger partial charge in [0.15, 0.2) is 5.82 Å². The Hall–Kier alpha value is -0.820. The van der Waals surface area contributed by atoms with Gasteiger partial charge in [-0.3, -0.25) is 4.21 Å². The van der Waals surface area contributed by atoms with Crippen LogP contribution in [0.3, 0.4) is 0 Å². The number of tetrazole rings is 1. The van der Waals surface area contributed by atoms with Crippen molar-refractivity contribution in [3.8, 4) is 0 Å². The van der Waals surface area contributed by atoms with E-state index in [9.17, 15) is 4.21 Å². The Bertz CT molecular complexity index is 354. The lowest BCUT2D eigenvalue weighted by Gasteiger charge is -2.12. The molecule has 1 N–H and O–H groups in total. The highest BCUT2D eigenvalue weighted by Crippen LogP contribution is 2.07. The standard InChI is InChI=1S/C10H21N5OS/c1-4-6-11-9(2)10-12-13-14-15(10)7-5-8-17(3)16/h9,11H,4-8H2,1-3H3. The third-order valence-corrected chi connectivity index (χ3v) is 3.31. The number of nitrogens with one attached hydrogen (secondary N) is 1. The molecule has 0 aliphatic rings. The van der Waals surface area contributed by atoms with Crippen LogP contribution in [-0.4, -0.2) is 43.0 Å². The molecular weight excluding hydrogens is 238 g/mol. The minimum absolute atomic E-state index is 0.150. The summed E-state index contributed by atoms with van der Waals surface area (Å²) < 4.78 is 12.8. The molecule has 0 bridgehead atoms. The molecule has 0 radical (unpaired) electrons. The van der Waals surface area contributed by atoms with E-state index in [1.807, 2.05) is 0 Å². The largest absolute Gasteiger partial charge is 0.307 e. The molecule has 0 fully saturated rings. The van der Waals surface area contributed by atoms with E-state index in [-0.39, 0.29) is 6.04 Å². The lowest BCUT2D eigenvalue weighted by molar-refractivity contribution is 0.483. The van der Waals surface area contributed by atoms with Crippen molar-refractivity contribution in [1.29, 1.82) is 0 Å². The van der Waals surface area contributed by atoms with Gasteiger partial charge in [-0.05, 0) is 36.7 Å². The molecule has 1 heterocycles. The normalized spacial score (nSPS) is 14.8. The molecule has 2 unspecified atom stereocenters. The average Bonchev–Trinajstić information content (AvgIpc) is 2.73. The number of aromatic nitrogens is 4. The van der Waals surface area contributed by atoms with Gasteiger partial charge < -0.3 is 5.32 Å². The van der Waals surface area contributed by atoms with E-state index in [1.54, 1.807) is 10.9 Å². The van der Waals surface area contributed by atoms with E-state index in [1.165, 1.54) is 0 Å².